The highest BCUT2D eigenvalue weighted by Crippen LogP contribution is 2.31. The summed E-state index contributed by atoms with van der Waals surface area (Å²) < 4.78 is 7.54. The molecule has 1 saturated heterocycles. The average molecular weight is 485 g/mol. The van der Waals surface area contributed by atoms with E-state index in [4.69, 9.17) is 4.74 Å². The summed E-state index contributed by atoms with van der Waals surface area (Å²) >= 11 is 0. The van der Waals surface area contributed by atoms with Crippen LogP contribution in [0.1, 0.15) is 18.4 Å². The fourth-order valence-electron chi connectivity index (χ4n) is 3.30. The molecule has 0 amide bonds. The number of ether oxygens (including phenoxy) is 1. The van der Waals surface area contributed by atoms with E-state index < -0.39 is 0 Å². The molecule has 2 heterocycles. The summed E-state index contributed by atoms with van der Waals surface area (Å²) in [6.07, 6.45) is 7.20. The molecule has 27 heavy (non-hydrogen) atoms. The molecule has 0 saturated carbocycles. The number of para-hydroxylation sites is 1. The first kappa shape index (κ1) is 21.6. The van der Waals surface area contributed by atoms with Gasteiger partial charge in [0.05, 0.1) is 18.6 Å². The molecule has 3 N–H and O–H groups in total. The van der Waals surface area contributed by atoms with Crippen LogP contribution in [0.2, 0.25) is 0 Å². The van der Waals surface area contributed by atoms with E-state index in [-0.39, 0.29) is 36.0 Å². The van der Waals surface area contributed by atoms with Crippen molar-refractivity contribution in [3.8, 4) is 5.69 Å². The van der Waals surface area contributed by atoms with E-state index in [1.54, 1.807) is 19.6 Å². The Labute approximate surface area is 177 Å². The Balaban J connectivity index is 0.00000261. The molecule has 3 rings (SSSR count). The van der Waals surface area contributed by atoms with Gasteiger partial charge in [0.15, 0.2) is 5.96 Å². The third-order valence-electron chi connectivity index (χ3n) is 4.90. The molecule has 0 radical (unpaired) electrons. The van der Waals surface area contributed by atoms with Crippen molar-refractivity contribution in [2.24, 2.45) is 10.4 Å². The van der Waals surface area contributed by atoms with Crippen LogP contribution in [0.15, 0.2) is 48.0 Å². The van der Waals surface area contributed by atoms with Crippen molar-refractivity contribution in [3.05, 3.63) is 48.5 Å². The summed E-state index contributed by atoms with van der Waals surface area (Å²) in [5.74, 6) is 0.745. The Morgan fingerprint density at radius 3 is 2.89 bits per heavy atom. The van der Waals surface area contributed by atoms with Crippen molar-refractivity contribution in [1.82, 2.24) is 20.2 Å². The van der Waals surface area contributed by atoms with Crippen molar-refractivity contribution in [3.63, 3.8) is 0 Å². The van der Waals surface area contributed by atoms with Crippen molar-refractivity contribution < 1.29 is 9.84 Å². The van der Waals surface area contributed by atoms with E-state index in [1.807, 2.05) is 22.9 Å². The van der Waals surface area contributed by atoms with Crippen LogP contribution in [0.5, 0.6) is 0 Å². The molecule has 0 spiro atoms. The number of halogens is 1. The third-order valence-corrected chi connectivity index (χ3v) is 4.90. The number of guanidine groups is 1. The van der Waals surface area contributed by atoms with Crippen LogP contribution in [0.4, 0.5) is 0 Å². The summed E-state index contributed by atoms with van der Waals surface area (Å²) in [6, 6.07) is 8.21. The monoisotopic (exact) mass is 485 g/mol. The van der Waals surface area contributed by atoms with Crippen molar-refractivity contribution >= 4 is 29.9 Å². The normalized spacial score (nSPS) is 19.6. The lowest BCUT2D eigenvalue weighted by molar-refractivity contribution is 0.127. The number of aromatic nitrogens is 2. The van der Waals surface area contributed by atoms with Crippen molar-refractivity contribution in [1.29, 1.82) is 0 Å². The highest BCUT2D eigenvalue weighted by molar-refractivity contribution is 14.0. The zero-order valence-corrected chi connectivity index (χ0v) is 17.9. The number of hydrogen-bond donors (Lipinski definition) is 3. The highest BCUT2D eigenvalue weighted by Gasteiger charge is 2.34. The molecule has 1 atom stereocenters. The molecule has 1 fully saturated rings. The standard InChI is InChI=1S/C19H27N5O2.HI/c1-20-18(23-13-19(6-10-25)7-11-26-14-19)22-12-16-4-2-3-5-17(16)24-9-8-21-15-24;/h2-5,8-9,15,25H,6-7,10-14H2,1H3,(H2,20,22,23);1H. The topological polar surface area (TPSA) is 83.7 Å². The smallest absolute Gasteiger partial charge is 0.191 e. The zero-order valence-electron chi connectivity index (χ0n) is 15.6. The summed E-state index contributed by atoms with van der Waals surface area (Å²) in [5, 5.41) is 16.1. The number of aliphatic imine (C=N–C) groups is 1. The Kier molecular flexibility index (Phi) is 8.52. The summed E-state index contributed by atoms with van der Waals surface area (Å²) in [5.41, 5.74) is 2.23. The Hall–Kier alpha value is -1.65. The van der Waals surface area contributed by atoms with Gasteiger partial charge in [0.25, 0.3) is 0 Å². The Morgan fingerprint density at radius 1 is 1.37 bits per heavy atom. The van der Waals surface area contributed by atoms with Gasteiger partial charge in [-0.1, -0.05) is 18.2 Å². The molecule has 1 aromatic heterocycles. The summed E-state index contributed by atoms with van der Waals surface area (Å²) in [7, 11) is 1.76. The molecule has 1 unspecified atom stereocenters. The minimum Gasteiger partial charge on any atom is -0.396 e. The lowest BCUT2D eigenvalue weighted by Gasteiger charge is -2.27. The van der Waals surface area contributed by atoms with E-state index in [1.165, 1.54) is 0 Å². The first-order valence-corrected chi connectivity index (χ1v) is 8.96. The number of nitrogens with one attached hydrogen (secondary N) is 2. The first-order chi connectivity index (χ1) is 12.8. The van der Waals surface area contributed by atoms with E-state index in [2.05, 4.69) is 32.7 Å². The van der Waals surface area contributed by atoms with E-state index in [9.17, 15) is 5.11 Å². The second kappa shape index (κ2) is 10.6. The van der Waals surface area contributed by atoms with Crippen LogP contribution in [-0.4, -0.2) is 54.0 Å². The van der Waals surface area contributed by atoms with E-state index in [0.717, 1.165) is 43.2 Å². The molecule has 8 heteroatoms. The molecule has 2 aromatic rings. The number of benzene rings is 1. The van der Waals surface area contributed by atoms with Gasteiger partial charge in [0.1, 0.15) is 0 Å². The molecular formula is C19H28IN5O2. The first-order valence-electron chi connectivity index (χ1n) is 8.96. The maximum atomic E-state index is 9.35. The van der Waals surface area contributed by atoms with Gasteiger partial charge < -0.3 is 25.0 Å². The zero-order chi connectivity index (χ0) is 18.2. The van der Waals surface area contributed by atoms with Crippen LogP contribution >= 0.6 is 24.0 Å². The quantitative estimate of drug-likeness (QED) is 0.317. The maximum absolute atomic E-state index is 9.35. The molecule has 1 aromatic carbocycles. The third kappa shape index (κ3) is 5.66. The van der Waals surface area contributed by atoms with Gasteiger partial charge in [-0.05, 0) is 24.5 Å². The predicted molar refractivity (Wildman–Crippen MR) is 117 cm³/mol. The van der Waals surface area contributed by atoms with Gasteiger partial charge in [-0.25, -0.2) is 4.98 Å². The van der Waals surface area contributed by atoms with Crippen LogP contribution in [0, 0.1) is 5.41 Å². The minimum absolute atomic E-state index is 0. The van der Waals surface area contributed by atoms with Crippen molar-refractivity contribution in [2.75, 3.05) is 33.4 Å². The number of nitrogens with zero attached hydrogens (tertiary/aromatic N) is 3. The van der Waals surface area contributed by atoms with Gasteiger partial charge in [-0.3, -0.25) is 4.99 Å². The lowest BCUT2D eigenvalue weighted by Crippen LogP contribution is -2.44. The lowest BCUT2D eigenvalue weighted by atomic mass is 9.84. The second-order valence-corrected chi connectivity index (χ2v) is 6.65. The van der Waals surface area contributed by atoms with Crippen LogP contribution in [0.3, 0.4) is 0 Å². The highest BCUT2D eigenvalue weighted by atomic mass is 127. The number of rotatable bonds is 7. The minimum atomic E-state index is -0.0128. The molecule has 1 aliphatic rings. The number of imidazole rings is 1. The molecule has 1 aliphatic heterocycles. The van der Waals surface area contributed by atoms with Gasteiger partial charge in [-0.2, -0.15) is 0 Å². The van der Waals surface area contributed by atoms with E-state index in [0.29, 0.717) is 13.2 Å². The molecular weight excluding hydrogens is 457 g/mol. The van der Waals surface area contributed by atoms with E-state index >= 15 is 0 Å². The van der Waals surface area contributed by atoms with Gasteiger partial charge in [-0.15, -0.1) is 24.0 Å². The largest absolute Gasteiger partial charge is 0.396 e. The summed E-state index contributed by atoms with van der Waals surface area (Å²) in [4.78, 5) is 8.44. The second-order valence-electron chi connectivity index (χ2n) is 6.65. The maximum Gasteiger partial charge on any atom is 0.191 e. The summed E-state index contributed by atoms with van der Waals surface area (Å²) in [6.45, 7) is 3.00. The predicted octanol–water partition coefficient (Wildman–Crippen LogP) is 1.94. The fourth-order valence-corrected chi connectivity index (χ4v) is 3.30. The fraction of sp³-hybridized carbons (Fsp3) is 0.474. The molecule has 7 nitrogen and oxygen atoms in total. The Bertz CT molecular complexity index is 715. The number of aliphatic hydroxyl groups is 1. The van der Waals surface area contributed by atoms with Crippen LogP contribution < -0.4 is 10.6 Å². The number of hydrogen-bond acceptors (Lipinski definition) is 4. The van der Waals surface area contributed by atoms with Gasteiger partial charge in [0.2, 0.25) is 0 Å². The van der Waals surface area contributed by atoms with Crippen LogP contribution in [-0.2, 0) is 11.3 Å². The SMILES string of the molecule is CN=C(NCc1ccccc1-n1ccnc1)NCC1(CCO)CCOC1.I. The van der Waals surface area contributed by atoms with Crippen LogP contribution in [0.25, 0.3) is 5.69 Å². The number of aliphatic hydroxyl groups excluding tert-OH is 1. The van der Waals surface area contributed by atoms with Gasteiger partial charge >= 0.3 is 0 Å². The average Bonchev–Trinajstić information content (AvgIpc) is 3.35. The van der Waals surface area contributed by atoms with Crippen molar-refractivity contribution in [2.45, 2.75) is 19.4 Å². The molecule has 148 valence electrons. The molecule has 0 bridgehead atoms. The molecule has 0 aliphatic carbocycles. The Morgan fingerprint density at radius 2 is 2.22 bits per heavy atom. The van der Waals surface area contributed by atoms with Gasteiger partial charge in [0, 0.05) is 51.2 Å².